The van der Waals surface area contributed by atoms with E-state index in [2.05, 4.69) is 23.8 Å². The van der Waals surface area contributed by atoms with Gasteiger partial charge in [-0.1, -0.05) is 26.7 Å². The largest absolute Gasteiger partial charge is 0.388 e. The minimum atomic E-state index is -0.0476. The molecule has 0 saturated heterocycles. The molecule has 0 spiro atoms. The van der Waals surface area contributed by atoms with Gasteiger partial charge in [0.2, 0.25) is 0 Å². The van der Waals surface area contributed by atoms with Gasteiger partial charge in [0.1, 0.15) is 5.82 Å². The second-order valence-corrected chi connectivity index (χ2v) is 4.57. The van der Waals surface area contributed by atoms with Gasteiger partial charge in [-0.25, -0.2) is 4.98 Å². The molecule has 1 heterocycles. The first-order chi connectivity index (χ1) is 8.99. The fourth-order valence-electron chi connectivity index (χ4n) is 1.47. The molecular weight excluding hydrogens is 276 g/mol. The first kappa shape index (κ1) is 20.9. The molecule has 0 aliphatic carbocycles. The Balaban J connectivity index is 0. The molecular formula is C14H27ClN4O. The Kier molecular flexibility index (Phi) is 13.3. The summed E-state index contributed by atoms with van der Waals surface area (Å²) < 4.78 is 0. The highest BCUT2D eigenvalue weighted by molar-refractivity contribution is 5.85. The van der Waals surface area contributed by atoms with Crippen LogP contribution in [0.15, 0.2) is 10.9 Å². The Labute approximate surface area is 127 Å². The lowest BCUT2D eigenvalue weighted by Crippen LogP contribution is -2.11. The highest BCUT2D eigenvalue weighted by atomic mass is 35.5. The van der Waals surface area contributed by atoms with Gasteiger partial charge in [0.05, 0.1) is 5.84 Å². The lowest BCUT2D eigenvalue weighted by atomic mass is 10.2. The summed E-state index contributed by atoms with van der Waals surface area (Å²) in [7, 11) is 0. The number of amidine groups is 1. The Morgan fingerprint density at radius 3 is 2.35 bits per heavy atom. The first-order valence-electron chi connectivity index (χ1n) is 6.89. The van der Waals surface area contributed by atoms with Crippen LogP contribution in [0, 0.1) is 12.3 Å². The topological polar surface area (TPSA) is 95.6 Å². The monoisotopic (exact) mass is 302 g/mol. The van der Waals surface area contributed by atoms with E-state index in [9.17, 15) is 4.79 Å². The van der Waals surface area contributed by atoms with Crippen molar-refractivity contribution in [3.8, 4) is 0 Å². The number of aromatic amines is 1. The Morgan fingerprint density at radius 1 is 1.35 bits per heavy atom. The van der Waals surface area contributed by atoms with Gasteiger partial charge in [-0.3, -0.25) is 10.2 Å². The number of halogens is 1. The summed E-state index contributed by atoms with van der Waals surface area (Å²) in [5, 5.41) is 6.78. The van der Waals surface area contributed by atoms with Crippen molar-refractivity contribution >= 4 is 18.2 Å². The highest BCUT2D eigenvalue weighted by Crippen LogP contribution is 1.97. The van der Waals surface area contributed by atoms with Crippen molar-refractivity contribution in [2.45, 2.75) is 59.3 Å². The maximum Gasteiger partial charge on any atom is 0.251 e. The van der Waals surface area contributed by atoms with Gasteiger partial charge in [-0.2, -0.15) is 0 Å². The maximum absolute atomic E-state index is 11.0. The van der Waals surface area contributed by atoms with E-state index in [1.807, 2.05) is 6.92 Å². The van der Waals surface area contributed by atoms with Crippen molar-refractivity contribution in [1.29, 1.82) is 5.41 Å². The van der Waals surface area contributed by atoms with E-state index >= 15 is 0 Å². The van der Waals surface area contributed by atoms with Crippen LogP contribution in [0.4, 0.5) is 0 Å². The molecule has 0 atom stereocenters. The van der Waals surface area contributed by atoms with Crippen LogP contribution in [-0.4, -0.2) is 15.8 Å². The number of H-pyrrole nitrogens is 1. The summed E-state index contributed by atoms with van der Waals surface area (Å²) in [6.45, 7) is 6.04. The number of hydrogen-bond acceptors (Lipinski definition) is 3. The van der Waals surface area contributed by atoms with Crippen LogP contribution < -0.4 is 11.3 Å². The summed E-state index contributed by atoms with van der Waals surface area (Å²) in [5.74, 6) is 1.11. The minimum Gasteiger partial charge on any atom is -0.388 e. The molecule has 0 radical (unpaired) electrons. The molecule has 5 nitrogen and oxygen atoms in total. The minimum absolute atomic E-state index is 0. The normalized spacial score (nSPS) is 9.15. The molecule has 0 bridgehead atoms. The summed E-state index contributed by atoms with van der Waals surface area (Å²) in [5.41, 5.74) is 5.81. The summed E-state index contributed by atoms with van der Waals surface area (Å²) in [4.78, 5) is 17.9. The summed E-state index contributed by atoms with van der Waals surface area (Å²) in [6.07, 6.45) is 6.00. The Morgan fingerprint density at radius 2 is 1.95 bits per heavy atom. The van der Waals surface area contributed by atoms with Gasteiger partial charge < -0.3 is 10.7 Å². The summed E-state index contributed by atoms with van der Waals surface area (Å²) >= 11 is 0. The van der Waals surface area contributed by atoms with E-state index in [4.69, 9.17) is 11.1 Å². The quantitative estimate of drug-likeness (QED) is 0.557. The van der Waals surface area contributed by atoms with E-state index in [0.717, 1.165) is 50.0 Å². The van der Waals surface area contributed by atoms with Crippen molar-refractivity contribution in [3.63, 3.8) is 0 Å². The molecule has 1 aromatic heterocycles. The molecule has 1 rings (SSSR count). The van der Waals surface area contributed by atoms with E-state index in [1.165, 1.54) is 6.07 Å². The third kappa shape index (κ3) is 11.7. The van der Waals surface area contributed by atoms with Crippen LogP contribution >= 0.6 is 12.4 Å². The van der Waals surface area contributed by atoms with Gasteiger partial charge in [0, 0.05) is 24.6 Å². The molecule has 116 valence electrons. The fourth-order valence-corrected chi connectivity index (χ4v) is 1.47. The van der Waals surface area contributed by atoms with E-state index in [-0.39, 0.29) is 18.0 Å². The smallest absolute Gasteiger partial charge is 0.251 e. The van der Waals surface area contributed by atoms with Gasteiger partial charge >= 0.3 is 0 Å². The van der Waals surface area contributed by atoms with E-state index in [0.29, 0.717) is 5.84 Å². The number of hydrogen-bond donors (Lipinski definition) is 3. The number of nitrogens with two attached hydrogens (primary N) is 1. The van der Waals surface area contributed by atoms with Crippen LogP contribution in [0.25, 0.3) is 0 Å². The number of aromatic nitrogens is 2. The zero-order valence-electron chi connectivity index (χ0n) is 12.7. The van der Waals surface area contributed by atoms with Gasteiger partial charge in [0.15, 0.2) is 0 Å². The van der Waals surface area contributed by atoms with Gasteiger partial charge in [-0.05, 0) is 19.8 Å². The van der Waals surface area contributed by atoms with Gasteiger partial charge in [-0.15, -0.1) is 12.4 Å². The number of nitrogens with one attached hydrogen (secondary N) is 2. The van der Waals surface area contributed by atoms with Crippen LogP contribution in [0.1, 0.15) is 57.5 Å². The molecule has 4 N–H and O–H groups in total. The van der Waals surface area contributed by atoms with Crippen LogP contribution in [0.2, 0.25) is 0 Å². The fraction of sp³-hybridized carbons (Fsp3) is 0.643. The number of aryl methyl sites for hydroxylation is 2. The first-order valence-corrected chi connectivity index (χ1v) is 6.89. The number of rotatable bonds is 6. The second kappa shape index (κ2) is 12.7. The molecule has 6 heteroatoms. The van der Waals surface area contributed by atoms with Crippen molar-refractivity contribution in [3.05, 3.63) is 27.9 Å². The zero-order valence-corrected chi connectivity index (χ0v) is 13.5. The Bertz CT molecular complexity index is 431. The Hall–Kier alpha value is -1.36. The predicted molar refractivity (Wildman–Crippen MR) is 86.9 cm³/mol. The molecule has 0 saturated carbocycles. The van der Waals surface area contributed by atoms with Crippen molar-refractivity contribution in [2.24, 2.45) is 5.73 Å². The number of nitrogens with zero attached hydrogens (tertiary/aromatic N) is 1. The highest BCUT2D eigenvalue weighted by Gasteiger charge is 1.96. The van der Waals surface area contributed by atoms with Gasteiger partial charge in [0.25, 0.3) is 5.56 Å². The SMILES string of the molecule is CCCCC(=N)N.CCCCc1nc(C)cc(=O)[nH]1.Cl. The zero-order chi connectivity index (χ0) is 14.7. The van der Waals surface area contributed by atoms with Crippen LogP contribution in [-0.2, 0) is 6.42 Å². The van der Waals surface area contributed by atoms with Crippen molar-refractivity contribution in [1.82, 2.24) is 9.97 Å². The lowest BCUT2D eigenvalue weighted by Gasteiger charge is -1.98. The standard InChI is InChI=1S/C9H14N2O.C5H12N2.ClH/c1-3-4-5-8-10-7(2)6-9(12)11-8;1-2-3-4-5(6)7;/h6H,3-5H2,1-2H3,(H,10,11,12);2-4H2,1H3,(H3,6,7);1H. The van der Waals surface area contributed by atoms with Crippen LogP contribution in [0.3, 0.4) is 0 Å². The average molecular weight is 303 g/mol. The lowest BCUT2D eigenvalue weighted by molar-refractivity contribution is 0.743. The number of unbranched alkanes of at least 4 members (excludes halogenated alkanes) is 2. The molecule has 0 aliphatic heterocycles. The van der Waals surface area contributed by atoms with Crippen molar-refractivity contribution < 1.29 is 0 Å². The average Bonchev–Trinajstić information content (AvgIpc) is 2.33. The third-order valence-electron chi connectivity index (χ3n) is 2.49. The molecule has 0 aliphatic rings. The van der Waals surface area contributed by atoms with E-state index in [1.54, 1.807) is 0 Å². The molecule has 1 aromatic rings. The molecule has 20 heavy (non-hydrogen) atoms. The molecule has 0 aromatic carbocycles. The molecule has 0 amide bonds. The second-order valence-electron chi connectivity index (χ2n) is 4.57. The maximum atomic E-state index is 11.0. The third-order valence-corrected chi connectivity index (χ3v) is 2.49. The van der Waals surface area contributed by atoms with Crippen LogP contribution in [0.5, 0.6) is 0 Å². The molecule has 0 unspecified atom stereocenters. The van der Waals surface area contributed by atoms with E-state index < -0.39 is 0 Å². The van der Waals surface area contributed by atoms with Crippen molar-refractivity contribution in [2.75, 3.05) is 0 Å². The molecule has 0 fully saturated rings. The predicted octanol–water partition coefficient (Wildman–Crippen LogP) is 2.96. The summed E-state index contributed by atoms with van der Waals surface area (Å²) in [6, 6.07) is 1.51.